The van der Waals surface area contributed by atoms with Crippen molar-refractivity contribution in [2.75, 3.05) is 39.8 Å². The van der Waals surface area contributed by atoms with Crippen molar-refractivity contribution in [3.8, 4) is 0 Å². The molecule has 2 heterocycles. The molecule has 0 aromatic heterocycles. The van der Waals surface area contributed by atoms with Gasteiger partial charge in [-0.2, -0.15) is 0 Å². The molecule has 0 aromatic carbocycles. The molecular formula is C14H27N3. The lowest BCUT2D eigenvalue weighted by Gasteiger charge is -2.34. The van der Waals surface area contributed by atoms with Gasteiger partial charge in [-0.1, -0.05) is 0 Å². The number of rotatable bonds is 4. The molecular weight excluding hydrogens is 210 g/mol. The van der Waals surface area contributed by atoms with Gasteiger partial charge in [0.05, 0.1) is 0 Å². The van der Waals surface area contributed by atoms with Crippen LogP contribution in [0.5, 0.6) is 0 Å². The molecule has 2 atom stereocenters. The molecule has 1 N–H and O–H groups in total. The van der Waals surface area contributed by atoms with Crippen LogP contribution in [0.1, 0.15) is 32.1 Å². The Morgan fingerprint density at radius 3 is 2.59 bits per heavy atom. The highest BCUT2D eigenvalue weighted by atomic mass is 15.2. The van der Waals surface area contributed by atoms with Crippen molar-refractivity contribution in [2.24, 2.45) is 5.92 Å². The molecule has 0 amide bonds. The number of likely N-dealkylation sites (tertiary alicyclic amines) is 2. The summed E-state index contributed by atoms with van der Waals surface area (Å²) in [5.74, 6) is 0.930. The number of hydrogen-bond donors (Lipinski definition) is 1. The molecule has 0 radical (unpaired) electrons. The van der Waals surface area contributed by atoms with Crippen LogP contribution in [0.3, 0.4) is 0 Å². The minimum atomic E-state index is 0.787. The summed E-state index contributed by atoms with van der Waals surface area (Å²) >= 11 is 0. The summed E-state index contributed by atoms with van der Waals surface area (Å²) in [6, 6.07) is 1.66. The van der Waals surface area contributed by atoms with Crippen LogP contribution in [0.25, 0.3) is 0 Å². The number of nitrogens with zero attached hydrogens (tertiary/aromatic N) is 2. The highest BCUT2D eigenvalue weighted by Crippen LogP contribution is 2.23. The van der Waals surface area contributed by atoms with Gasteiger partial charge in [-0.3, -0.25) is 0 Å². The maximum atomic E-state index is 3.80. The average Bonchev–Trinajstić information content (AvgIpc) is 3.02. The average molecular weight is 237 g/mol. The van der Waals surface area contributed by atoms with E-state index in [1.165, 1.54) is 64.8 Å². The van der Waals surface area contributed by atoms with Gasteiger partial charge in [0.1, 0.15) is 0 Å². The van der Waals surface area contributed by atoms with Crippen LogP contribution in [0, 0.1) is 5.92 Å². The van der Waals surface area contributed by atoms with Crippen LogP contribution in [-0.2, 0) is 0 Å². The zero-order chi connectivity index (χ0) is 11.7. The van der Waals surface area contributed by atoms with E-state index in [4.69, 9.17) is 0 Å². The summed E-state index contributed by atoms with van der Waals surface area (Å²) in [4.78, 5) is 5.20. The molecule has 0 bridgehead atoms. The van der Waals surface area contributed by atoms with E-state index in [9.17, 15) is 0 Å². The van der Waals surface area contributed by atoms with E-state index >= 15 is 0 Å². The molecule has 2 unspecified atom stereocenters. The van der Waals surface area contributed by atoms with Crippen molar-refractivity contribution in [3.63, 3.8) is 0 Å². The molecule has 2 aliphatic heterocycles. The fourth-order valence-corrected chi connectivity index (χ4v) is 3.48. The van der Waals surface area contributed by atoms with E-state index in [1.807, 2.05) is 0 Å². The monoisotopic (exact) mass is 237 g/mol. The van der Waals surface area contributed by atoms with Crippen LogP contribution < -0.4 is 5.32 Å². The molecule has 3 fully saturated rings. The van der Waals surface area contributed by atoms with E-state index in [-0.39, 0.29) is 0 Å². The van der Waals surface area contributed by atoms with Gasteiger partial charge in [0.15, 0.2) is 0 Å². The van der Waals surface area contributed by atoms with Crippen molar-refractivity contribution < 1.29 is 0 Å². The lowest BCUT2D eigenvalue weighted by atomic mass is 10.0. The number of hydrogen-bond acceptors (Lipinski definition) is 3. The van der Waals surface area contributed by atoms with E-state index in [2.05, 4.69) is 22.2 Å². The van der Waals surface area contributed by atoms with Gasteiger partial charge in [-0.05, 0) is 58.2 Å². The molecule has 0 aromatic rings. The minimum absolute atomic E-state index is 0.787. The first-order valence-electron chi connectivity index (χ1n) is 7.46. The summed E-state index contributed by atoms with van der Waals surface area (Å²) in [7, 11) is 2.26. The largest absolute Gasteiger partial charge is 0.310 e. The van der Waals surface area contributed by atoms with E-state index < -0.39 is 0 Å². The van der Waals surface area contributed by atoms with Crippen molar-refractivity contribution in [1.29, 1.82) is 0 Å². The molecule has 17 heavy (non-hydrogen) atoms. The Labute approximate surface area is 106 Å². The molecule has 98 valence electrons. The van der Waals surface area contributed by atoms with Gasteiger partial charge in [-0.15, -0.1) is 0 Å². The highest BCUT2D eigenvalue weighted by Gasteiger charge is 2.29. The first-order valence-corrected chi connectivity index (χ1v) is 7.46. The van der Waals surface area contributed by atoms with Crippen LogP contribution in [0.2, 0.25) is 0 Å². The van der Waals surface area contributed by atoms with Crippen molar-refractivity contribution in [3.05, 3.63) is 0 Å². The zero-order valence-electron chi connectivity index (χ0n) is 11.2. The summed E-state index contributed by atoms with van der Waals surface area (Å²) in [6.45, 7) is 6.60. The maximum Gasteiger partial charge on any atom is 0.0198 e. The van der Waals surface area contributed by atoms with Gasteiger partial charge in [-0.25, -0.2) is 0 Å². The molecule has 3 rings (SSSR count). The van der Waals surface area contributed by atoms with Crippen LogP contribution >= 0.6 is 0 Å². The van der Waals surface area contributed by atoms with Crippen LogP contribution in [0.4, 0.5) is 0 Å². The number of piperidine rings is 1. The van der Waals surface area contributed by atoms with E-state index in [0.29, 0.717) is 0 Å². The summed E-state index contributed by atoms with van der Waals surface area (Å²) in [6.07, 6.45) is 7.05. The fraction of sp³-hybridized carbons (Fsp3) is 1.00. The number of nitrogens with one attached hydrogen (secondary N) is 1. The van der Waals surface area contributed by atoms with Crippen molar-refractivity contribution >= 4 is 0 Å². The highest BCUT2D eigenvalue weighted by molar-refractivity contribution is 4.89. The Bertz CT molecular complexity index is 252. The lowest BCUT2D eigenvalue weighted by molar-refractivity contribution is 0.165. The fourth-order valence-electron chi connectivity index (χ4n) is 3.48. The summed E-state index contributed by atoms with van der Waals surface area (Å²) in [5.41, 5.74) is 0. The second-order valence-corrected chi connectivity index (χ2v) is 6.46. The van der Waals surface area contributed by atoms with Gasteiger partial charge in [0.2, 0.25) is 0 Å². The van der Waals surface area contributed by atoms with Gasteiger partial charge >= 0.3 is 0 Å². The van der Waals surface area contributed by atoms with Gasteiger partial charge < -0.3 is 15.1 Å². The predicted octanol–water partition coefficient (Wildman–Crippen LogP) is 1.15. The Morgan fingerprint density at radius 2 is 1.88 bits per heavy atom. The third kappa shape index (κ3) is 3.43. The smallest absolute Gasteiger partial charge is 0.0198 e. The summed E-state index contributed by atoms with van der Waals surface area (Å²) < 4.78 is 0. The standard InChI is InChI=1S/C14H27N3/c1-16-8-6-12(9-16)10-17-7-2-3-14(11-17)15-13-4-5-13/h12-15H,2-11H2,1H3. The Kier molecular flexibility index (Phi) is 3.69. The van der Waals surface area contributed by atoms with E-state index in [0.717, 1.165) is 18.0 Å². The Balaban J connectivity index is 1.42. The Hall–Kier alpha value is -0.120. The molecule has 2 saturated heterocycles. The molecule has 3 aliphatic rings. The molecule has 3 nitrogen and oxygen atoms in total. The van der Waals surface area contributed by atoms with Crippen LogP contribution in [0.15, 0.2) is 0 Å². The zero-order valence-corrected chi connectivity index (χ0v) is 11.2. The van der Waals surface area contributed by atoms with Gasteiger partial charge in [0, 0.05) is 31.7 Å². The normalized spacial score (nSPS) is 36.5. The molecule has 1 aliphatic carbocycles. The Morgan fingerprint density at radius 1 is 1.00 bits per heavy atom. The molecule has 1 saturated carbocycles. The topological polar surface area (TPSA) is 18.5 Å². The maximum absolute atomic E-state index is 3.80. The minimum Gasteiger partial charge on any atom is -0.310 e. The van der Waals surface area contributed by atoms with Crippen molar-refractivity contribution in [1.82, 2.24) is 15.1 Å². The van der Waals surface area contributed by atoms with Crippen molar-refractivity contribution in [2.45, 2.75) is 44.2 Å². The van der Waals surface area contributed by atoms with Crippen LogP contribution in [-0.4, -0.2) is 61.7 Å². The second-order valence-electron chi connectivity index (χ2n) is 6.46. The third-order valence-corrected chi connectivity index (χ3v) is 4.56. The van der Waals surface area contributed by atoms with Gasteiger partial charge in [0.25, 0.3) is 0 Å². The molecule has 0 spiro atoms. The quantitative estimate of drug-likeness (QED) is 0.791. The van der Waals surface area contributed by atoms with E-state index in [1.54, 1.807) is 0 Å². The lowest BCUT2D eigenvalue weighted by Crippen LogP contribution is -2.47. The summed E-state index contributed by atoms with van der Waals surface area (Å²) in [5, 5.41) is 3.80. The SMILES string of the molecule is CN1CCC(CN2CCCC(NC3CC3)C2)C1. The predicted molar refractivity (Wildman–Crippen MR) is 71.2 cm³/mol. The first kappa shape index (κ1) is 11.9. The third-order valence-electron chi connectivity index (χ3n) is 4.56. The second kappa shape index (κ2) is 5.25. The molecule has 3 heteroatoms. The first-order chi connectivity index (χ1) is 8.29.